The average molecular weight is 689 g/mol. The summed E-state index contributed by atoms with van der Waals surface area (Å²) in [6.07, 6.45) is 9.25. The Balaban J connectivity index is 0.769. The maximum Gasteiger partial charge on any atom is 0.256 e. The van der Waals surface area contributed by atoms with Crippen molar-refractivity contribution in [2.24, 2.45) is 11.3 Å². The molecule has 0 radical (unpaired) electrons. The minimum Gasteiger partial charge on any atom is -0.508 e. The van der Waals surface area contributed by atoms with Crippen molar-refractivity contribution in [1.29, 1.82) is 0 Å². The Morgan fingerprint density at radius 1 is 0.824 bits per heavy atom. The first-order valence-corrected chi connectivity index (χ1v) is 19.1. The number of aromatic nitrogens is 1. The Kier molecular flexibility index (Phi) is 8.25. The van der Waals surface area contributed by atoms with Crippen LogP contribution in [0.3, 0.4) is 0 Å². The molecule has 3 saturated heterocycles. The van der Waals surface area contributed by atoms with Crippen LogP contribution in [0.25, 0.3) is 0 Å². The molecule has 1 spiro atoms. The predicted molar refractivity (Wildman–Crippen MR) is 195 cm³/mol. The fraction of sp³-hybridized carbons (Fsp3) is 0.512. The number of imide groups is 1. The molecular weight excluding hydrogens is 640 g/mol. The molecule has 9 rings (SSSR count). The smallest absolute Gasteiger partial charge is 0.256 e. The van der Waals surface area contributed by atoms with Crippen molar-refractivity contribution < 1.29 is 19.5 Å². The van der Waals surface area contributed by atoms with E-state index in [2.05, 4.69) is 50.3 Å². The van der Waals surface area contributed by atoms with Gasteiger partial charge in [0.1, 0.15) is 17.6 Å². The molecule has 266 valence electrons. The Morgan fingerprint density at radius 3 is 2.33 bits per heavy atom. The summed E-state index contributed by atoms with van der Waals surface area (Å²) in [5.74, 6) is 1.54. The van der Waals surface area contributed by atoms with Crippen LogP contribution in [0.4, 0.5) is 11.5 Å². The Hall–Kier alpha value is -4.44. The third-order valence-corrected chi connectivity index (χ3v) is 13.1. The van der Waals surface area contributed by atoms with Crippen molar-refractivity contribution in [3.8, 4) is 5.75 Å². The third-order valence-electron chi connectivity index (χ3n) is 13.1. The van der Waals surface area contributed by atoms with Crippen molar-refractivity contribution >= 4 is 29.2 Å². The summed E-state index contributed by atoms with van der Waals surface area (Å²) in [4.78, 5) is 51.0. The molecular formula is C41H48N6O4. The fourth-order valence-electron chi connectivity index (χ4n) is 10.0. The van der Waals surface area contributed by atoms with Crippen LogP contribution in [-0.2, 0) is 22.6 Å². The van der Waals surface area contributed by atoms with Crippen LogP contribution in [0.15, 0.2) is 54.6 Å². The second kappa shape index (κ2) is 13.0. The minimum absolute atomic E-state index is 0.179. The molecule has 1 aromatic heterocycles. The lowest BCUT2D eigenvalue weighted by atomic mass is 9.52. The number of pyridine rings is 1. The monoisotopic (exact) mass is 688 g/mol. The Bertz CT molecular complexity index is 1840. The van der Waals surface area contributed by atoms with Crippen molar-refractivity contribution in [2.45, 2.75) is 76.3 Å². The number of carbonyl (C=O) groups excluding carboxylic acids is 3. The molecule has 2 aromatic carbocycles. The van der Waals surface area contributed by atoms with E-state index in [0.29, 0.717) is 47.2 Å². The number of hydrogen-bond acceptors (Lipinski definition) is 8. The second-order valence-electron chi connectivity index (χ2n) is 15.9. The van der Waals surface area contributed by atoms with Gasteiger partial charge in [0.05, 0.1) is 17.8 Å². The summed E-state index contributed by atoms with van der Waals surface area (Å²) in [6, 6.07) is 18.7. The molecule has 10 nitrogen and oxygen atoms in total. The Morgan fingerprint density at radius 2 is 1.61 bits per heavy atom. The lowest BCUT2D eigenvalue weighted by Gasteiger charge is -2.52. The van der Waals surface area contributed by atoms with Gasteiger partial charge in [-0.15, -0.1) is 0 Å². The van der Waals surface area contributed by atoms with Crippen LogP contribution >= 0.6 is 0 Å². The molecule has 4 fully saturated rings. The summed E-state index contributed by atoms with van der Waals surface area (Å²) in [5.41, 5.74) is 7.16. The molecule has 2 unspecified atom stereocenters. The quantitative estimate of drug-likeness (QED) is 0.355. The maximum absolute atomic E-state index is 13.1. The topological polar surface area (TPSA) is 109 Å². The van der Waals surface area contributed by atoms with E-state index in [1.807, 2.05) is 24.3 Å². The van der Waals surface area contributed by atoms with Crippen LogP contribution in [0.1, 0.15) is 90.0 Å². The lowest BCUT2D eigenvalue weighted by molar-refractivity contribution is -0.136. The van der Waals surface area contributed by atoms with Gasteiger partial charge in [0.25, 0.3) is 5.91 Å². The van der Waals surface area contributed by atoms with Crippen LogP contribution < -0.4 is 15.1 Å². The third kappa shape index (κ3) is 5.95. The number of piperidine rings is 2. The summed E-state index contributed by atoms with van der Waals surface area (Å²) in [7, 11) is 0. The zero-order valence-corrected chi connectivity index (χ0v) is 29.4. The van der Waals surface area contributed by atoms with E-state index in [1.165, 1.54) is 60.9 Å². The van der Waals surface area contributed by atoms with Gasteiger partial charge in [-0.05, 0) is 109 Å². The molecule has 10 heteroatoms. The number of fused-ring (bicyclic) bond motifs is 2. The summed E-state index contributed by atoms with van der Waals surface area (Å²) in [6.45, 7) is 7.40. The van der Waals surface area contributed by atoms with Gasteiger partial charge in [-0.1, -0.05) is 24.6 Å². The molecule has 0 bridgehead atoms. The first-order valence-electron chi connectivity index (χ1n) is 19.1. The van der Waals surface area contributed by atoms with E-state index in [1.54, 1.807) is 4.90 Å². The molecule has 2 atom stereocenters. The number of nitrogens with zero attached hydrogens (tertiary/aromatic N) is 5. The number of nitrogens with one attached hydrogen (secondary N) is 1. The summed E-state index contributed by atoms with van der Waals surface area (Å²) >= 11 is 0. The molecule has 51 heavy (non-hydrogen) atoms. The SMILES string of the molecule is O=C1CCC(N2Cc3nc(N4CCN(CC5CCN(c6ccc(C7c8ccc(O)cc8CCC78CCC8)cc6)CC5)CC4)ccc3C2=O)C(=O)N1. The molecule has 2 aliphatic carbocycles. The highest BCUT2D eigenvalue weighted by Crippen LogP contribution is 2.60. The largest absolute Gasteiger partial charge is 0.508 e. The first kappa shape index (κ1) is 32.5. The normalized spacial score (nSPS) is 25.1. The zero-order chi connectivity index (χ0) is 34.7. The zero-order valence-electron chi connectivity index (χ0n) is 29.4. The fourth-order valence-corrected chi connectivity index (χ4v) is 10.0. The molecule has 5 heterocycles. The molecule has 1 saturated carbocycles. The van der Waals surface area contributed by atoms with Gasteiger partial charge in [0, 0.05) is 63.8 Å². The standard InChI is InChI=1S/C41H48N6O4/c48-31-6-7-32-29(24-31)12-17-41(15-1-16-41)38(32)28-2-4-30(5-3-28)45-18-13-27(14-19-45)25-44-20-22-46(23-21-44)36-10-8-33-34(42-36)26-47(40(33)51)35-9-11-37(49)43-39(35)50/h2-8,10,24,27,35,38,48H,1,9,11-23,25-26H2,(H,43,49,50). The number of phenolic OH excluding ortho intramolecular Hbond substituents is 1. The van der Waals surface area contributed by atoms with E-state index < -0.39 is 11.9 Å². The number of hydrogen-bond donors (Lipinski definition) is 2. The van der Waals surface area contributed by atoms with Crippen LogP contribution in [0.2, 0.25) is 0 Å². The van der Waals surface area contributed by atoms with Crippen molar-refractivity contribution in [3.63, 3.8) is 0 Å². The van der Waals surface area contributed by atoms with E-state index in [4.69, 9.17) is 4.98 Å². The van der Waals surface area contributed by atoms with Gasteiger partial charge in [-0.2, -0.15) is 0 Å². The molecule has 3 amide bonds. The number of piperazine rings is 1. The van der Waals surface area contributed by atoms with Gasteiger partial charge in [-0.3, -0.25) is 24.6 Å². The summed E-state index contributed by atoms with van der Waals surface area (Å²) in [5, 5.41) is 12.5. The highest BCUT2D eigenvalue weighted by molar-refractivity contribution is 6.05. The first-order chi connectivity index (χ1) is 24.8. The van der Waals surface area contributed by atoms with Crippen molar-refractivity contribution in [3.05, 3.63) is 82.5 Å². The lowest BCUT2D eigenvalue weighted by Crippen LogP contribution is -2.52. The van der Waals surface area contributed by atoms with Gasteiger partial charge in [0.15, 0.2) is 0 Å². The van der Waals surface area contributed by atoms with Gasteiger partial charge in [0.2, 0.25) is 11.8 Å². The number of aromatic hydroxyl groups is 1. The van der Waals surface area contributed by atoms with Crippen LogP contribution in [-0.4, -0.2) is 89.5 Å². The molecule has 6 aliphatic rings. The second-order valence-corrected chi connectivity index (χ2v) is 15.9. The minimum atomic E-state index is -0.620. The predicted octanol–water partition coefficient (Wildman–Crippen LogP) is 4.84. The number of anilines is 2. The molecule has 4 aliphatic heterocycles. The summed E-state index contributed by atoms with van der Waals surface area (Å²) < 4.78 is 0. The average Bonchev–Trinajstić information content (AvgIpc) is 3.46. The van der Waals surface area contributed by atoms with Crippen LogP contribution in [0.5, 0.6) is 5.75 Å². The number of rotatable bonds is 6. The highest BCUT2D eigenvalue weighted by atomic mass is 16.3. The van der Waals surface area contributed by atoms with Crippen molar-refractivity contribution in [1.82, 2.24) is 20.1 Å². The number of phenols is 1. The van der Waals surface area contributed by atoms with Crippen LogP contribution in [0, 0.1) is 11.3 Å². The van der Waals surface area contributed by atoms with Gasteiger partial charge >= 0.3 is 0 Å². The highest BCUT2D eigenvalue weighted by Gasteiger charge is 2.48. The molecule has 3 aromatic rings. The number of benzene rings is 2. The molecule has 2 N–H and O–H groups in total. The number of amides is 3. The van der Waals surface area contributed by atoms with E-state index >= 15 is 0 Å². The number of aryl methyl sites for hydroxylation is 1. The van der Waals surface area contributed by atoms with Gasteiger partial charge < -0.3 is 19.8 Å². The Labute approximate surface area is 299 Å². The van der Waals surface area contributed by atoms with Gasteiger partial charge in [-0.25, -0.2) is 4.98 Å². The number of carbonyl (C=O) groups is 3. The van der Waals surface area contributed by atoms with E-state index in [0.717, 1.165) is 58.1 Å². The maximum atomic E-state index is 13.1. The van der Waals surface area contributed by atoms with Crippen molar-refractivity contribution in [2.75, 3.05) is 55.6 Å². The van der Waals surface area contributed by atoms with E-state index in [9.17, 15) is 19.5 Å². The van der Waals surface area contributed by atoms with E-state index in [-0.39, 0.29) is 18.2 Å².